The molecule has 6 rings (SSSR count). The Hall–Kier alpha value is -4.13. The zero-order chi connectivity index (χ0) is 23.6. The van der Waals surface area contributed by atoms with E-state index < -0.39 is 23.3 Å². The molecule has 0 bridgehead atoms. The number of hydrogen-bond donors (Lipinski definition) is 1. The molecule has 0 radical (unpaired) electrons. The van der Waals surface area contributed by atoms with Crippen LogP contribution < -0.4 is 9.64 Å². The van der Waals surface area contributed by atoms with E-state index in [4.69, 9.17) is 4.74 Å². The summed E-state index contributed by atoms with van der Waals surface area (Å²) in [5, 5.41) is 0.985. The molecule has 2 aliphatic rings. The Bertz CT molecular complexity index is 1480. The molecule has 1 N–H and O–H groups in total. The van der Waals surface area contributed by atoms with Crippen molar-refractivity contribution in [3.63, 3.8) is 0 Å². The fourth-order valence-corrected chi connectivity index (χ4v) is 5.47. The summed E-state index contributed by atoms with van der Waals surface area (Å²) in [4.78, 5) is 33.5. The molecule has 34 heavy (non-hydrogen) atoms. The van der Waals surface area contributed by atoms with Crippen LogP contribution in [0.15, 0.2) is 72.8 Å². The van der Waals surface area contributed by atoms with Gasteiger partial charge in [-0.1, -0.05) is 48.5 Å². The third-order valence-corrected chi connectivity index (χ3v) is 7.14. The summed E-state index contributed by atoms with van der Waals surface area (Å²) < 4.78 is 20.4. The van der Waals surface area contributed by atoms with Crippen LogP contribution in [0, 0.1) is 5.82 Å². The van der Waals surface area contributed by atoms with Crippen LogP contribution in [0.4, 0.5) is 14.9 Å². The molecule has 0 spiro atoms. The largest absolute Gasteiger partial charge is 0.496 e. The van der Waals surface area contributed by atoms with E-state index in [1.807, 2.05) is 48.5 Å². The Morgan fingerprint density at radius 1 is 1.00 bits per heavy atom. The number of methoxy groups -OCH3 is 1. The Morgan fingerprint density at radius 2 is 1.71 bits per heavy atom. The maximum absolute atomic E-state index is 14.7. The van der Waals surface area contributed by atoms with Gasteiger partial charge in [-0.2, -0.15) is 0 Å². The van der Waals surface area contributed by atoms with E-state index in [1.165, 1.54) is 18.2 Å². The number of anilines is 1. The maximum Gasteiger partial charge on any atom is 0.332 e. The van der Waals surface area contributed by atoms with Crippen molar-refractivity contribution in [2.75, 3.05) is 18.6 Å². The second-order valence-corrected chi connectivity index (χ2v) is 8.81. The number of urea groups is 1. The van der Waals surface area contributed by atoms with Crippen molar-refractivity contribution in [1.82, 2.24) is 9.88 Å². The average molecular weight is 455 g/mol. The molecule has 2 unspecified atom stereocenters. The fourth-order valence-electron chi connectivity index (χ4n) is 5.47. The number of para-hydroxylation sites is 3. The van der Waals surface area contributed by atoms with Crippen LogP contribution in [-0.2, 0) is 10.3 Å². The van der Waals surface area contributed by atoms with Gasteiger partial charge >= 0.3 is 6.03 Å². The first-order valence-electron chi connectivity index (χ1n) is 11.1. The molecule has 1 fully saturated rings. The predicted molar refractivity (Wildman–Crippen MR) is 126 cm³/mol. The van der Waals surface area contributed by atoms with Gasteiger partial charge in [0.15, 0.2) is 5.54 Å². The normalized spacial score (nSPS) is 21.7. The van der Waals surface area contributed by atoms with Crippen LogP contribution in [-0.4, -0.2) is 35.5 Å². The topological polar surface area (TPSA) is 65.6 Å². The molecule has 1 aromatic heterocycles. The average Bonchev–Trinajstić information content (AvgIpc) is 3.34. The number of hydrogen-bond acceptors (Lipinski definition) is 3. The summed E-state index contributed by atoms with van der Waals surface area (Å²) in [5.41, 5.74) is 2.05. The lowest BCUT2D eigenvalue weighted by Crippen LogP contribution is -2.50. The molecule has 2 atom stereocenters. The smallest absolute Gasteiger partial charge is 0.332 e. The van der Waals surface area contributed by atoms with Crippen molar-refractivity contribution in [2.24, 2.45) is 0 Å². The van der Waals surface area contributed by atoms with E-state index in [9.17, 15) is 14.0 Å². The van der Waals surface area contributed by atoms with Gasteiger partial charge in [-0.25, -0.2) is 14.1 Å². The van der Waals surface area contributed by atoms with Gasteiger partial charge in [0, 0.05) is 28.9 Å². The second kappa shape index (κ2) is 7.18. The van der Waals surface area contributed by atoms with Crippen molar-refractivity contribution in [1.29, 1.82) is 0 Å². The van der Waals surface area contributed by atoms with E-state index in [2.05, 4.69) is 4.98 Å². The van der Waals surface area contributed by atoms with Gasteiger partial charge in [-0.05, 0) is 36.8 Å². The minimum Gasteiger partial charge on any atom is -0.496 e. The highest BCUT2D eigenvalue weighted by atomic mass is 19.1. The van der Waals surface area contributed by atoms with Crippen molar-refractivity contribution >= 4 is 28.5 Å². The van der Waals surface area contributed by atoms with E-state index in [0.29, 0.717) is 11.4 Å². The number of H-pyrrole nitrogens is 1. The molecule has 7 heteroatoms. The number of rotatable bonds is 3. The summed E-state index contributed by atoms with van der Waals surface area (Å²) in [5.74, 6) is -0.636. The van der Waals surface area contributed by atoms with Gasteiger partial charge in [0.1, 0.15) is 11.6 Å². The predicted octanol–water partition coefficient (Wildman–Crippen LogP) is 5.15. The lowest BCUT2D eigenvalue weighted by molar-refractivity contribution is -0.125. The number of carbonyl (C=O) groups excluding carboxylic acids is 2. The molecule has 0 aliphatic carbocycles. The lowest BCUT2D eigenvalue weighted by atomic mass is 9.78. The maximum atomic E-state index is 14.7. The Kier molecular flexibility index (Phi) is 4.33. The third kappa shape index (κ3) is 2.55. The van der Waals surface area contributed by atoms with Gasteiger partial charge < -0.3 is 14.6 Å². The highest BCUT2D eigenvalue weighted by Gasteiger charge is 2.61. The van der Waals surface area contributed by atoms with Crippen molar-refractivity contribution in [2.45, 2.75) is 18.4 Å². The number of nitrogens with zero attached hydrogens (tertiary/aromatic N) is 2. The van der Waals surface area contributed by atoms with E-state index >= 15 is 0 Å². The minimum atomic E-state index is -1.30. The first-order valence-corrected chi connectivity index (χ1v) is 11.1. The number of benzene rings is 3. The molecule has 1 saturated heterocycles. The first kappa shape index (κ1) is 20.5. The number of fused-ring (bicyclic) bond motifs is 5. The SMILES string of the molecule is COc1ccccc1C1CN2C(=O)N(c3ccccc3F)C(=O)C2(C)c2[nH]c3ccccc3c21. The second-order valence-electron chi connectivity index (χ2n) is 8.81. The highest BCUT2D eigenvalue weighted by molar-refractivity contribution is 6.23. The summed E-state index contributed by atoms with van der Waals surface area (Å²) in [6, 6.07) is 20.9. The van der Waals surface area contributed by atoms with Crippen molar-refractivity contribution < 1.29 is 18.7 Å². The van der Waals surface area contributed by atoms with Crippen LogP contribution in [0.3, 0.4) is 0 Å². The minimum absolute atomic E-state index is 0.0420. The molecule has 3 aromatic carbocycles. The number of ether oxygens (including phenoxy) is 1. The first-order chi connectivity index (χ1) is 16.5. The Balaban J connectivity index is 1.62. The lowest BCUT2D eigenvalue weighted by Gasteiger charge is -2.40. The van der Waals surface area contributed by atoms with Crippen molar-refractivity contribution in [3.8, 4) is 5.75 Å². The van der Waals surface area contributed by atoms with Gasteiger partial charge in [0.25, 0.3) is 5.91 Å². The van der Waals surface area contributed by atoms with Gasteiger partial charge in [0.05, 0.1) is 18.5 Å². The van der Waals surface area contributed by atoms with Crippen LogP contribution in [0.5, 0.6) is 5.75 Å². The van der Waals surface area contributed by atoms with Gasteiger partial charge in [-0.3, -0.25) is 4.79 Å². The molecule has 0 saturated carbocycles. The summed E-state index contributed by atoms with van der Waals surface area (Å²) in [7, 11) is 1.62. The highest BCUT2D eigenvalue weighted by Crippen LogP contribution is 2.51. The Labute approximate surface area is 195 Å². The van der Waals surface area contributed by atoms with E-state index in [-0.39, 0.29) is 18.2 Å². The third-order valence-electron chi connectivity index (χ3n) is 7.14. The number of amides is 3. The fraction of sp³-hybridized carbons (Fsp3) is 0.185. The number of halogens is 1. The molecule has 3 amide bonds. The molecule has 2 aliphatic heterocycles. The van der Waals surface area contributed by atoms with Crippen LogP contribution in [0.2, 0.25) is 0 Å². The molecule has 170 valence electrons. The number of nitrogens with one attached hydrogen (secondary N) is 1. The summed E-state index contributed by atoms with van der Waals surface area (Å²) in [6.45, 7) is 1.99. The van der Waals surface area contributed by atoms with Crippen LogP contribution >= 0.6 is 0 Å². The molecule has 6 nitrogen and oxygen atoms in total. The van der Waals surface area contributed by atoms with Gasteiger partial charge in [-0.15, -0.1) is 0 Å². The van der Waals surface area contributed by atoms with E-state index in [0.717, 1.165) is 26.9 Å². The summed E-state index contributed by atoms with van der Waals surface area (Å²) >= 11 is 0. The summed E-state index contributed by atoms with van der Waals surface area (Å²) in [6.07, 6.45) is 0. The molecular weight excluding hydrogens is 433 g/mol. The molecule has 3 heterocycles. The number of carbonyl (C=O) groups is 2. The zero-order valence-electron chi connectivity index (χ0n) is 18.7. The quantitative estimate of drug-likeness (QED) is 0.435. The Morgan fingerprint density at radius 3 is 2.50 bits per heavy atom. The number of imide groups is 1. The van der Waals surface area contributed by atoms with Crippen LogP contribution in [0.1, 0.15) is 29.7 Å². The molecule has 4 aromatic rings. The van der Waals surface area contributed by atoms with Crippen molar-refractivity contribution in [3.05, 3.63) is 95.4 Å². The van der Waals surface area contributed by atoms with E-state index in [1.54, 1.807) is 25.0 Å². The van der Waals surface area contributed by atoms with Gasteiger partial charge in [0.2, 0.25) is 0 Å². The zero-order valence-corrected chi connectivity index (χ0v) is 18.7. The standard InChI is InChI=1S/C27H22FN3O3/c1-27-24-23(17-10-3-6-12-20(17)29-24)18(16-9-4-8-14-22(16)34-2)15-30(27)26(33)31(25(27)32)21-13-7-5-11-19(21)28/h3-14,18,29H,15H2,1-2H3. The van der Waals surface area contributed by atoms with Crippen LogP contribution in [0.25, 0.3) is 10.9 Å². The molecular formula is C27H22FN3O3. The monoisotopic (exact) mass is 455 g/mol. The number of aromatic amines is 1. The number of aromatic nitrogens is 1.